The Balaban J connectivity index is 0.00000441. The van der Waals surface area contributed by atoms with E-state index in [1.807, 2.05) is 13.8 Å². The van der Waals surface area contributed by atoms with E-state index in [2.05, 4.69) is 15.6 Å². The van der Waals surface area contributed by atoms with Crippen LogP contribution in [0.25, 0.3) is 0 Å². The molecule has 4 nitrogen and oxygen atoms in total. The second-order valence-electron chi connectivity index (χ2n) is 5.74. The van der Waals surface area contributed by atoms with Crippen LogP contribution in [0.3, 0.4) is 0 Å². The number of rotatable bonds is 5. The van der Waals surface area contributed by atoms with Gasteiger partial charge in [-0.2, -0.15) is 13.2 Å². The number of hydrogen-bond acceptors (Lipinski definition) is 2. The van der Waals surface area contributed by atoms with E-state index in [-0.39, 0.29) is 55.4 Å². The monoisotopic (exact) mass is 437 g/mol. The summed E-state index contributed by atoms with van der Waals surface area (Å²) >= 11 is 0. The molecule has 0 aromatic rings. The first-order valence-electron chi connectivity index (χ1n) is 7.59. The van der Waals surface area contributed by atoms with Crippen molar-refractivity contribution in [2.24, 2.45) is 16.8 Å². The number of hydrogen-bond donors (Lipinski definition) is 3. The van der Waals surface area contributed by atoms with Gasteiger partial charge in [-0.05, 0) is 38.5 Å². The van der Waals surface area contributed by atoms with Crippen molar-refractivity contribution in [1.82, 2.24) is 10.6 Å². The highest BCUT2D eigenvalue weighted by Gasteiger charge is 2.41. The topological polar surface area (TPSA) is 56.7 Å². The summed E-state index contributed by atoms with van der Waals surface area (Å²) in [5.74, 6) is -0.473. The van der Waals surface area contributed by atoms with Crippen LogP contribution in [0.4, 0.5) is 13.2 Å². The van der Waals surface area contributed by atoms with Gasteiger partial charge in [-0.15, -0.1) is 24.0 Å². The molecular formula is C14H27F3IN3O. The van der Waals surface area contributed by atoms with Gasteiger partial charge < -0.3 is 15.7 Å². The Morgan fingerprint density at radius 3 is 2.32 bits per heavy atom. The number of nitrogens with zero attached hydrogens (tertiary/aromatic N) is 1. The summed E-state index contributed by atoms with van der Waals surface area (Å²) in [6, 6.07) is 0.0332. The Hall–Kier alpha value is -0.250. The molecule has 1 unspecified atom stereocenters. The Morgan fingerprint density at radius 1 is 1.27 bits per heavy atom. The second kappa shape index (κ2) is 10.5. The molecule has 0 saturated heterocycles. The summed E-state index contributed by atoms with van der Waals surface area (Å²) in [7, 11) is 0. The summed E-state index contributed by atoms with van der Waals surface area (Å²) in [5, 5.41) is 15.3. The molecule has 8 heteroatoms. The summed E-state index contributed by atoms with van der Waals surface area (Å²) in [4.78, 5) is 4.36. The van der Waals surface area contributed by atoms with E-state index >= 15 is 0 Å². The van der Waals surface area contributed by atoms with Gasteiger partial charge in [-0.25, -0.2) is 0 Å². The minimum absolute atomic E-state index is 0. The van der Waals surface area contributed by atoms with Crippen LogP contribution in [0.5, 0.6) is 0 Å². The van der Waals surface area contributed by atoms with Crippen LogP contribution < -0.4 is 10.6 Å². The van der Waals surface area contributed by atoms with E-state index in [0.717, 1.165) is 0 Å². The van der Waals surface area contributed by atoms with Crippen molar-refractivity contribution >= 4 is 29.9 Å². The van der Waals surface area contributed by atoms with Crippen LogP contribution in [0.2, 0.25) is 0 Å². The third-order valence-electron chi connectivity index (χ3n) is 3.75. The molecule has 1 atom stereocenters. The molecule has 1 aliphatic rings. The number of aliphatic hydroxyl groups is 1. The average Bonchev–Trinajstić information content (AvgIpc) is 2.44. The lowest BCUT2D eigenvalue weighted by Crippen LogP contribution is -2.46. The van der Waals surface area contributed by atoms with Crippen molar-refractivity contribution in [3.05, 3.63) is 0 Å². The molecule has 0 aromatic heterocycles. The highest BCUT2D eigenvalue weighted by Crippen LogP contribution is 2.37. The number of guanidine groups is 1. The minimum atomic E-state index is -4.07. The average molecular weight is 437 g/mol. The van der Waals surface area contributed by atoms with Crippen LogP contribution in [0.15, 0.2) is 4.99 Å². The highest BCUT2D eigenvalue weighted by molar-refractivity contribution is 14.0. The smallest absolute Gasteiger partial charge is 0.391 e. The maximum absolute atomic E-state index is 12.6. The Bertz CT molecular complexity index is 332. The largest absolute Gasteiger partial charge is 0.396 e. The fraction of sp³-hybridized carbons (Fsp3) is 0.929. The minimum Gasteiger partial charge on any atom is -0.396 e. The Kier molecular flexibility index (Phi) is 10.4. The Labute approximate surface area is 147 Å². The van der Waals surface area contributed by atoms with Crippen LogP contribution in [-0.2, 0) is 0 Å². The van der Waals surface area contributed by atoms with Gasteiger partial charge in [0.05, 0.1) is 5.92 Å². The molecule has 0 aromatic carbocycles. The zero-order valence-electron chi connectivity index (χ0n) is 13.1. The zero-order chi connectivity index (χ0) is 15.9. The normalized spacial score (nSPS) is 24.4. The van der Waals surface area contributed by atoms with Crippen LogP contribution in [-0.4, -0.2) is 43.0 Å². The first-order valence-corrected chi connectivity index (χ1v) is 7.59. The van der Waals surface area contributed by atoms with Crippen LogP contribution >= 0.6 is 24.0 Å². The molecular weight excluding hydrogens is 410 g/mol. The number of halogens is 4. The molecule has 132 valence electrons. The van der Waals surface area contributed by atoms with E-state index in [4.69, 9.17) is 5.11 Å². The van der Waals surface area contributed by atoms with E-state index in [9.17, 15) is 13.2 Å². The van der Waals surface area contributed by atoms with Gasteiger partial charge in [0, 0.05) is 25.7 Å². The van der Waals surface area contributed by atoms with E-state index in [1.165, 1.54) is 0 Å². The first-order chi connectivity index (χ1) is 9.86. The molecule has 1 saturated carbocycles. The van der Waals surface area contributed by atoms with Gasteiger partial charge in [-0.3, -0.25) is 4.99 Å². The van der Waals surface area contributed by atoms with Crippen molar-refractivity contribution in [2.75, 3.05) is 19.7 Å². The van der Waals surface area contributed by atoms with E-state index < -0.39 is 12.1 Å². The third kappa shape index (κ3) is 7.85. The van der Waals surface area contributed by atoms with Crippen molar-refractivity contribution < 1.29 is 18.3 Å². The second-order valence-corrected chi connectivity index (χ2v) is 5.74. The van der Waals surface area contributed by atoms with Gasteiger partial charge in [-0.1, -0.05) is 6.92 Å². The fourth-order valence-corrected chi connectivity index (χ4v) is 2.38. The third-order valence-corrected chi connectivity index (χ3v) is 3.75. The number of aliphatic hydroxyl groups excluding tert-OH is 1. The van der Waals surface area contributed by atoms with Gasteiger partial charge in [0.15, 0.2) is 5.96 Å². The van der Waals surface area contributed by atoms with Crippen molar-refractivity contribution in [3.8, 4) is 0 Å². The maximum atomic E-state index is 12.6. The molecule has 0 heterocycles. The summed E-state index contributed by atoms with van der Waals surface area (Å²) < 4.78 is 37.9. The van der Waals surface area contributed by atoms with Crippen LogP contribution in [0.1, 0.15) is 39.5 Å². The predicted molar refractivity (Wildman–Crippen MR) is 92.6 cm³/mol. The highest BCUT2D eigenvalue weighted by atomic mass is 127. The number of nitrogens with one attached hydrogen (secondary N) is 2. The van der Waals surface area contributed by atoms with Crippen molar-refractivity contribution in [2.45, 2.75) is 51.7 Å². The summed E-state index contributed by atoms with van der Waals surface area (Å²) in [6.45, 7) is 5.08. The molecule has 0 spiro atoms. The molecule has 0 amide bonds. The summed E-state index contributed by atoms with van der Waals surface area (Å²) in [6.07, 6.45) is -2.71. The lowest BCUT2D eigenvalue weighted by atomic mass is 9.85. The number of aliphatic imine (C=N–C) groups is 1. The quantitative estimate of drug-likeness (QED) is 0.352. The molecule has 22 heavy (non-hydrogen) atoms. The molecule has 1 aliphatic carbocycles. The standard InChI is InChI=1S/C14H26F3N3O.HI/c1-3-18-13(19-8-10(2)9-21)20-12-6-4-11(5-7-12)14(15,16)17;/h10-12,21H,3-9H2,1-2H3,(H2,18,19,20);1H. The van der Waals surface area contributed by atoms with Crippen molar-refractivity contribution in [1.29, 1.82) is 0 Å². The fourth-order valence-electron chi connectivity index (χ4n) is 2.38. The predicted octanol–water partition coefficient (Wildman–Crippen LogP) is 2.91. The maximum Gasteiger partial charge on any atom is 0.391 e. The molecule has 3 N–H and O–H groups in total. The van der Waals surface area contributed by atoms with E-state index in [1.54, 1.807) is 0 Å². The lowest BCUT2D eigenvalue weighted by Gasteiger charge is -2.31. The molecule has 0 bridgehead atoms. The van der Waals surface area contributed by atoms with Gasteiger partial charge >= 0.3 is 6.18 Å². The van der Waals surface area contributed by atoms with E-state index in [0.29, 0.717) is 31.9 Å². The van der Waals surface area contributed by atoms with Crippen LogP contribution in [0, 0.1) is 11.8 Å². The molecule has 0 aliphatic heterocycles. The van der Waals surface area contributed by atoms with Gasteiger partial charge in [0.1, 0.15) is 0 Å². The first kappa shape index (κ1) is 21.8. The Morgan fingerprint density at radius 2 is 1.86 bits per heavy atom. The number of alkyl halides is 3. The van der Waals surface area contributed by atoms with Gasteiger partial charge in [0.2, 0.25) is 0 Å². The molecule has 1 rings (SSSR count). The van der Waals surface area contributed by atoms with Gasteiger partial charge in [0.25, 0.3) is 0 Å². The zero-order valence-corrected chi connectivity index (χ0v) is 15.4. The molecule has 0 radical (unpaired) electrons. The summed E-state index contributed by atoms with van der Waals surface area (Å²) in [5.41, 5.74) is 0. The van der Waals surface area contributed by atoms with Crippen molar-refractivity contribution in [3.63, 3.8) is 0 Å². The SMILES string of the molecule is CCNC(=NCC(C)CO)NC1CCC(C(F)(F)F)CC1.I. The molecule has 1 fully saturated rings. The lowest BCUT2D eigenvalue weighted by molar-refractivity contribution is -0.182.